The van der Waals surface area contributed by atoms with E-state index in [1.54, 1.807) is 0 Å². The molecule has 4 nitrogen and oxygen atoms in total. The molecule has 1 atom stereocenters. The number of benzene rings is 3. The van der Waals surface area contributed by atoms with Crippen LogP contribution in [0.2, 0.25) is 0 Å². The topological polar surface area (TPSA) is 47.6 Å². The van der Waals surface area contributed by atoms with Crippen molar-refractivity contribution in [3.05, 3.63) is 78.4 Å². The molecule has 4 heteroatoms. The lowest BCUT2D eigenvalue weighted by molar-refractivity contribution is -0.128. The summed E-state index contributed by atoms with van der Waals surface area (Å²) in [5.41, 5.74) is 1.12. The molecule has 0 aliphatic rings. The summed E-state index contributed by atoms with van der Waals surface area (Å²) in [7, 11) is 0. The summed E-state index contributed by atoms with van der Waals surface area (Å²) in [6, 6.07) is 23.9. The van der Waals surface area contributed by atoms with Gasteiger partial charge in [0.1, 0.15) is 5.75 Å². The minimum absolute atomic E-state index is 0.117. The molecule has 0 fully saturated rings. The average molecular weight is 363 g/mol. The number of fused-ring (bicyclic) bond motifs is 1. The smallest absolute Gasteiger partial charge is 0.261 e. The lowest BCUT2D eigenvalue weighted by Crippen LogP contribution is -2.39. The molecule has 1 N–H and O–H groups in total. The van der Waals surface area contributed by atoms with Gasteiger partial charge in [-0.15, -0.1) is 0 Å². The summed E-state index contributed by atoms with van der Waals surface area (Å²) in [6.07, 6.45) is 0.0739. The third-order valence-electron chi connectivity index (χ3n) is 4.34. The van der Waals surface area contributed by atoms with Crippen LogP contribution in [-0.4, -0.2) is 25.2 Å². The Labute approximate surface area is 160 Å². The van der Waals surface area contributed by atoms with Crippen molar-refractivity contribution in [2.24, 2.45) is 0 Å². The lowest BCUT2D eigenvalue weighted by atomic mass is 10.1. The van der Waals surface area contributed by atoms with Crippen molar-refractivity contribution in [3.63, 3.8) is 0 Å². The second kappa shape index (κ2) is 9.74. The van der Waals surface area contributed by atoms with Crippen molar-refractivity contribution in [1.29, 1.82) is 0 Å². The van der Waals surface area contributed by atoms with Gasteiger partial charge in [0.05, 0.1) is 13.2 Å². The standard InChI is InChI=1S/C23H25NO3/c1-2-21(27-22-14-8-12-19-11-6-7-13-20(19)22)23(25)24-15-16-26-17-18-9-4-3-5-10-18/h3-14,21H,2,15-17H2,1H3,(H,24,25). The van der Waals surface area contributed by atoms with Crippen LogP contribution in [0.5, 0.6) is 5.75 Å². The van der Waals surface area contributed by atoms with Gasteiger partial charge in [0.25, 0.3) is 5.91 Å². The first-order valence-corrected chi connectivity index (χ1v) is 9.31. The quantitative estimate of drug-likeness (QED) is 0.576. The number of hydrogen-bond acceptors (Lipinski definition) is 3. The van der Waals surface area contributed by atoms with Gasteiger partial charge >= 0.3 is 0 Å². The third-order valence-corrected chi connectivity index (χ3v) is 4.34. The average Bonchev–Trinajstić information content (AvgIpc) is 2.72. The van der Waals surface area contributed by atoms with Crippen molar-refractivity contribution >= 4 is 16.7 Å². The highest BCUT2D eigenvalue weighted by Gasteiger charge is 2.18. The monoisotopic (exact) mass is 363 g/mol. The van der Waals surface area contributed by atoms with Crippen molar-refractivity contribution < 1.29 is 14.3 Å². The number of nitrogens with one attached hydrogen (secondary N) is 1. The SMILES string of the molecule is CCC(Oc1cccc2ccccc12)C(=O)NCCOCc1ccccc1. The summed E-state index contributed by atoms with van der Waals surface area (Å²) in [6.45, 7) is 3.41. The van der Waals surface area contributed by atoms with Crippen LogP contribution in [-0.2, 0) is 16.1 Å². The minimum atomic E-state index is -0.523. The number of carbonyl (C=O) groups excluding carboxylic acids is 1. The molecular formula is C23H25NO3. The number of ether oxygens (including phenoxy) is 2. The molecule has 0 bridgehead atoms. The van der Waals surface area contributed by atoms with E-state index in [0.29, 0.717) is 26.2 Å². The molecule has 0 saturated carbocycles. The van der Waals surface area contributed by atoms with Crippen molar-refractivity contribution in [3.8, 4) is 5.75 Å². The van der Waals surface area contributed by atoms with Gasteiger partial charge in [-0.1, -0.05) is 73.7 Å². The fraction of sp³-hybridized carbons (Fsp3) is 0.261. The molecule has 140 valence electrons. The Morgan fingerprint density at radius 2 is 1.70 bits per heavy atom. The molecule has 3 rings (SSSR count). The van der Waals surface area contributed by atoms with E-state index in [-0.39, 0.29) is 5.91 Å². The zero-order valence-corrected chi connectivity index (χ0v) is 15.6. The fourth-order valence-electron chi connectivity index (χ4n) is 2.90. The van der Waals surface area contributed by atoms with Crippen LogP contribution in [0.25, 0.3) is 10.8 Å². The van der Waals surface area contributed by atoms with Crippen LogP contribution < -0.4 is 10.1 Å². The highest BCUT2D eigenvalue weighted by Crippen LogP contribution is 2.26. The molecule has 27 heavy (non-hydrogen) atoms. The molecule has 0 aromatic heterocycles. The Kier molecular flexibility index (Phi) is 6.83. The molecule has 0 radical (unpaired) electrons. The summed E-state index contributed by atoms with van der Waals surface area (Å²) < 4.78 is 11.6. The zero-order valence-electron chi connectivity index (χ0n) is 15.6. The highest BCUT2D eigenvalue weighted by atomic mass is 16.5. The van der Waals surface area contributed by atoms with E-state index >= 15 is 0 Å². The van der Waals surface area contributed by atoms with E-state index < -0.39 is 6.10 Å². The number of hydrogen-bond donors (Lipinski definition) is 1. The maximum Gasteiger partial charge on any atom is 0.261 e. The normalized spacial score (nSPS) is 11.9. The molecule has 0 aliphatic carbocycles. The van der Waals surface area contributed by atoms with Crippen LogP contribution in [0.3, 0.4) is 0 Å². The van der Waals surface area contributed by atoms with Crippen LogP contribution in [0, 0.1) is 0 Å². The van der Waals surface area contributed by atoms with Gasteiger partial charge in [0.2, 0.25) is 0 Å². The summed E-state index contributed by atoms with van der Waals surface area (Å²) in [4.78, 5) is 12.5. The van der Waals surface area contributed by atoms with Gasteiger partial charge in [0.15, 0.2) is 6.10 Å². The Balaban J connectivity index is 1.49. The molecule has 0 spiro atoms. The number of rotatable bonds is 9. The first-order chi connectivity index (χ1) is 13.3. The molecule has 0 aliphatic heterocycles. The molecule has 3 aromatic rings. The van der Waals surface area contributed by atoms with E-state index in [1.807, 2.05) is 79.7 Å². The zero-order chi connectivity index (χ0) is 18.9. The summed E-state index contributed by atoms with van der Waals surface area (Å²) >= 11 is 0. The molecular weight excluding hydrogens is 338 g/mol. The maximum atomic E-state index is 12.5. The van der Waals surface area contributed by atoms with Gasteiger partial charge in [-0.05, 0) is 23.4 Å². The van der Waals surface area contributed by atoms with Gasteiger partial charge in [-0.25, -0.2) is 0 Å². The van der Waals surface area contributed by atoms with Crippen LogP contribution in [0.1, 0.15) is 18.9 Å². The van der Waals surface area contributed by atoms with Crippen LogP contribution in [0.15, 0.2) is 72.8 Å². The largest absolute Gasteiger partial charge is 0.480 e. The van der Waals surface area contributed by atoms with E-state index in [0.717, 1.165) is 22.1 Å². The fourth-order valence-corrected chi connectivity index (χ4v) is 2.90. The van der Waals surface area contributed by atoms with Crippen molar-refractivity contribution in [1.82, 2.24) is 5.32 Å². The van der Waals surface area contributed by atoms with Gasteiger partial charge < -0.3 is 14.8 Å². The van der Waals surface area contributed by atoms with E-state index in [4.69, 9.17) is 9.47 Å². The molecule has 1 amide bonds. The highest BCUT2D eigenvalue weighted by molar-refractivity contribution is 5.89. The number of amides is 1. The van der Waals surface area contributed by atoms with E-state index in [1.165, 1.54) is 0 Å². The maximum absolute atomic E-state index is 12.5. The van der Waals surface area contributed by atoms with Crippen molar-refractivity contribution in [2.75, 3.05) is 13.2 Å². The lowest BCUT2D eigenvalue weighted by Gasteiger charge is -2.18. The Hall–Kier alpha value is -2.85. The summed E-state index contributed by atoms with van der Waals surface area (Å²) in [5, 5.41) is 5.01. The van der Waals surface area contributed by atoms with Crippen LogP contribution >= 0.6 is 0 Å². The van der Waals surface area contributed by atoms with Gasteiger partial charge in [0, 0.05) is 11.9 Å². The third kappa shape index (κ3) is 5.31. The van der Waals surface area contributed by atoms with Crippen LogP contribution in [0.4, 0.5) is 0 Å². The van der Waals surface area contributed by atoms with Crippen molar-refractivity contribution in [2.45, 2.75) is 26.1 Å². The minimum Gasteiger partial charge on any atom is -0.480 e. The van der Waals surface area contributed by atoms with E-state index in [2.05, 4.69) is 5.32 Å². The van der Waals surface area contributed by atoms with Gasteiger partial charge in [-0.3, -0.25) is 4.79 Å². The number of carbonyl (C=O) groups is 1. The Morgan fingerprint density at radius 1 is 0.963 bits per heavy atom. The van der Waals surface area contributed by atoms with Gasteiger partial charge in [-0.2, -0.15) is 0 Å². The Morgan fingerprint density at radius 3 is 2.52 bits per heavy atom. The summed E-state index contributed by atoms with van der Waals surface area (Å²) in [5.74, 6) is 0.615. The first-order valence-electron chi connectivity index (χ1n) is 9.31. The molecule has 1 unspecified atom stereocenters. The first kappa shape index (κ1) is 18.9. The predicted molar refractivity (Wildman–Crippen MR) is 108 cm³/mol. The second-order valence-corrected chi connectivity index (χ2v) is 6.32. The van der Waals surface area contributed by atoms with E-state index in [9.17, 15) is 4.79 Å². The molecule has 3 aromatic carbocycles. The molecule has 0 heterocycles. The molecule has 0 saturated heterocycles. The second-order valence-electron chi connectivity index (χ2n) is 6.32. The Bertz CT molecular complexity index is 858. The predicted octanol–water partition coefficient (Wildman–Crippen LogP) is 4.33.